The summed E-state index contributed by atoms with van der Waals surface area (Å²) in [6.45, 7) is 5.27. The third kappa shape index (κ3) is 3.28. The molecule has 2 amide bonds. The highest BCUT2D eigenvalue weighted by molar-refractivity contribution is 7.10. The molecule has 2 aliphatic heterocycles. The van der Waals surface area contributed by atoms with Crippen LogP contribution in [0.2, 0.25) is 0 Å². The topological polar surface area (TPSA) is 49.9 Å². The number of thiophene rings is 1. The van der Waals surface area contributed by atoms with Gasteiger partial charge in [0.05, 0.1) is 24.2 Å². The smallest absolute Gasteiger partial charge is 0.228 e. The van der Waals surface area contributed by atoms with Gasteiger partial charge in [-0.3, -0.25) is 9.59 Å². The zero-order valence-corrected chi connectivity index (χ0v) is 14.7. The predicted octanol–water partition coefficient (Wildman–Crippen LogP) is 2.29. The maximum absolute atomic E-state index is 13.1. The minimum Gasteiger partial charge on any atom is -0.372 e. The van der Waals surface area contributed by atoms with Crippen molar-refractivity contribution in [2.24, 2.45) is 5.92 Å². The maximum Gasteiger partial charge on any atom is 0.228 e. The Kier molecular flexibility index (Phi) is 4.73. The number of likely N-dealkylation sites (tertiary alicyclic amines) is 1. The van der Waals surface area contributed by atoms with Crippen molar-refractivity contribution in [2.75, 3.05) is 20.1 Å². The molecule has 0 radical (unpaired) electrons. The number of carbonyl (C=O) groups excluding carboxylic acids is 2. The number of hydrogen-bond acceptors (Lipinski definition) is 4. The third-order valence-corrected chi connectivity index (χ3v) is 5.69. The van der Waals surface area contributed by atoms with E-state index in [2.05, 4.69) is 0 Å². The molecule has 3 heterocycles. The second kappa shape index (κ2) is 6.61. The van der Waals surface area contributed by atoms with Crippen molar-refractivity contribution in [2.45, 2.75) is 44.9 Å². The molecule has 4 atom stereocenters. The molecule has 0 saturated carbocycles. The van der Waals surface area contributed by atoms with Gasteiger partial charge >= 0.3 is 0 Å². The van der Waals surface area contributed by atoms with Crippen LogP contribution in [0.3, 0.4) is 0 Å². The molecule has 2 saturated heterocycles. The Morgan fingerprint density at radius 3 is 2.61 bits per heavy atom. The van der Waals surface area contributed by atoms with Gasteiger partial charge in [0, 0.05) is 31.4 Å². The van der Waals surface area contributed by atoms with Crippen molar-refractivity contribution in [3.8, 4) is 0 Å². The van der Waals surface area contributed by atoms with Crippen LogP contribution in [0.25, 0.3) is 0 Å². The molecule has 0 spiro atoms. The number of piperidine rings is 1. The molecule has 2 aliphatic rings. The van der Waals surface area contributed by atoms with Gasteiger partial charge < -0.3 is 14.5 Å². The van der Waals surface area contributed by atoms with Crippen LogP contribution in [0, 0.1) is 5.92 Å². The molecule has 1 aromatic rings. The molecule has 0 bridgehead atoms. The number of morpholine rings is 1. The molecule has 3 rings (SSSR count). The van der Waals surface area contributed by atoms with E-state index in [4.69, 9.17) is 4.74 Å². The van der Waals surface area contributed by atoms with E-state index in [1.54, 1.807) is 16.2 Å². The lowest BCUT2D eigenvalue weighted by Gasteiger charge is -2.42. The lowest BCUT2D eigenvalue weighted by Crippen LogP contribution is -2.53. The fraction of sp³-hybridized carbons (Fsp3) is 0.647. The first-order chi connectivity index (χ1) is 11.0. The Hall–Kier alpha value is -1.40. The molecule has 23 heavy (non-hydrogen) atoms. The minimum atomic E-state index is -0.158. The molecule has 126 valence electrons. The molecular weight excluding hydrogens is 312 g/mol. The average molecular weight is 336 g/mol. The highest BCUT2D eigenvalue weighted by Crippen LogP contribution is 2.39. The van der Waals surface area contributed by atoms with Crippen LogP contribution in [-0.2, 0) is 14.3 Å². The second-order valence-electron chi connectivity index (χ2n) is 6.61. The van der Waals surface area contributed by atoms with Crippen LogP contribution in [0.5, 0.6) is 0 Å². The first kappa shape index (κ1) is 16.5. The maximum atomic E-state index is 13.1. The van der Waals surface area contributed by atoms with Crippen molar-refractivity contribution in [3.63, 3.8) is 0 Å². The number of ether oxygens (including phenoxy) is 1. The van der Waals surface area contributed by atoms with Gasteiger partial charge in [-0.2, -0.15) is 0 Å². The lowest BCUT2D eigenvalue weighted by atomic mass is 9.86. The SMILES string of the molecule is C[C@@H]1CN(C(=O)[C@@H]2CCC(=O)N(C)[C@@H]2c2cccs2)C[C@H](C)O1. The van der Waals surface area contributed by atoms with Gasteiger partial charge in [-0.1, -0.05) is 6.07 Å². The van der Waals surface area contributed by atoms with Gasteiger partial charge in [-0.05, 0) is 31.7 Å². The molecule has 2 fully saturated rings. The van der Waals surface area contributed by atoms with Gasteiger partial charge in [0.1, 0.15) is 0 Å². The first-order valence-corrected chi connectivity index (χ1v) is 9.08. The summed E-state index contributed by atoms with van der Waals surface area (Å²) in [4.78, 5) is 30.0. The van der Waals surface area contributed by atoms with Crippen molar-refractivity contribution in [1.82, 2.24) is 9.80 Å². The quantitative estimate of drug-likeness (QED) is 0.833. The van der Waals surface area contributed by atoms with Crippen molar-refractivity contribution < 1.29 is 14.3 Å². The molecule has 5 nitrogen and oxygen atoms in total. The highest BCUT2D eigenvalue weighted by atomic mass is 32.1. The van der Waals surface area contributed by atoms with Crippen LogP contribution in [0.1, 0.15) is 37.6 Å². The van der Waals surface area contributed by atoms with Crippen LogP contribution in [0.4, 0.5) is 0 Å². The Balaban J connectivity index is 1.84. The normalized spacial score (nSPS) is 32.2. The highest BCUT2D eigenvalue weighted by Gasteiger charge is 2.42. The fourth-order valence-electron chi connectivity index (χ4n) is 3.74. The zero-order chi connectivity index (χ0) is 16.6. The summed E-state index contributed by atoms with van der Waals surface area (Å²) in [5.41, 5.74) is 0. The van der Waals surface area contributed by atoms with Gasteiger partial charge in [0.25, 0.3) is 0 Å². The minimum absolute atomic E-state index is 0.0610. The van der Waals surface area contributed by atoms with Crippen molar-refractivity contribution in [1.29, 1.82) is 0 Å². The molecule has 0 unspecified atom stereocenters. The van der Waals surface area contributed by atoms with Gasteiger partial charge in [0.2, 0.25) is 11.8 Å². The fourth-order valence-corrected chi connectivity index (χ4v) is 4.67. The van der Waals surface area contributed by atoms with E-state index >= 15 is 0 Å². The molecule has 1 aromatic heterocycles. The standard InChI is InChI=1S/C17H24N2O3S/c1-11-9-19(10-12(2)22-11)17(21)13-6-7-15(20)18(3)16(13)14-5-4-8-23-14/h4-5,8,11-13,16H,6-7,9-10H2,1-3H3/t11-,12+,13-,16+/m1/s1. The summed E-state index contributed by atoms with van der Waals surface area (Å²) in [7, 11) is 1.82. The second-order valence-corrected chi connectivity index (χ2v) is 7.59. The summed E-state index contributed by atoms with van der Waals surface area (Å²) in [5.74, 6) is 0.120. The van der Waals surface area contributed by atoms with E-state index in [0.717, 1.165) is 4.88 Å². The molecule has 0 aliphatic carbocycles. The summed E-state index contributed by atoms with van der Waals surface area (Å²) in [6.07, 6.45) is 1.20. The summed E-state index contributed by atoms with van der Waals surface area (Å²) >= 11 is 1.61. The number of nitrogens with zero attached hydrogens (tertiary/aromatic N) is 2. The first-order valence-electron chi connectivity index (χ1n) is 8.20. The Morgan fingerprint density at radius 2 is 2.00 bits per heavy atom. The summed E-state index contributed by atoms with van der Waals surface area (Å²) in [5, 5.41) is 2.00. The molecular formula is C17H24N2O3S. The molecule has 0 aromatic carbocycles. The van der Waals surface area contributed by atoms with Gasteiger partial charge in [-0.25, -0.2) is 0 Å². The summed E-state index contributed by atoms with van der Waals surface area (Å²) < 4.78 is 5.73. The average Bonchev–Trinajstić information content (AvgIpc) is 3.02. The number of rotatable bonds is 2. The van der Waals surface area contributed by atoms with Crippen molar-refractivity contribution in [3.05, 3.63) is 22.4 Å². The van der Waals surface area contributed by atoms with E-state index in [0.29, 0.717) is 25.9 Å². The number of hydrogen-bond donors (Lipinski definition) is 0. The summed E-state index contributed by atoms with van der Waals surface area (Å²) in [6, 6.07) is 3.86. The monoisotopic (exact) mass is 336 g/mol. The predicted molar refractivity (Wildman–Crippen MR) is 89.1 cm³/mol. The van der Waals surface area contributed by atoms with E-state index in [1.807, 2.05) is 43.3 Å². The van der Waals surface area contributed by atoms with E-state index in [1.165, 1.54) is 0 Å². The van der Waals surface area contributed by atoms with Gasteiger partial charge in [-0.15, -0.1) is 11.3 Å². The van der Waals surface area contributed by atoms with Crippen molar-refractivity contribution >= 4 is 23.2 Å². The zero-order valence-electron chi connectivity index (χ0n) is 13.9. The van der Waals surface area contributed by atoms with Crippen LogP contribution in [0.15, 0.2) is 17.5 Å². The number of amides is 2. The number of carbonyl (C=O) groups is 2. The van der Waals surface area contributed by atoms with E-state index < -0.39 is 0 Å². The van der Waals surface area contributed by atoms with Gasteiger partial charge in [0.15, 0.2) is 0 Å². The Labute approximate surface area is 141 Å². The molecule has 0 N–H and O–H groups in total. The van der Waals surface area contributed by atoms with E-state index in [-0.39, 0.29) is 36.0 Å². The third-order valence-electron chi connectivity index (χ3n) is 4.74. The Bertz CT molecular complexity index is 564. The van der Waals surface area contributed by atoms with E-state index in [9.17, 15) is 9.59 Å². The lowest BCUT2D eigenvalue weighted by molar-refractivity contribution is -0.154. The largest absolute Gasteiger partial charge is 0.372 e. The van der Waals surface area contributed by atoms with Crippen LogP contribution < -0.4 is 0 Å². The molecule has 6 heteroatoms. The van der Waals surface area contributed by atoms with Crippen LogP contribution >= 0.6 is 11.3 Å². The Morgan fingerprint density at radius 1 is 1.30 bits per heavy atom. The van der Waals surface area contributed by atoms with Crippen LogP contribution in [-0.4, -0.2) is 54.0 Å².